The van der Waals surface area contributed by atoms with Crippen molar-refractivity contribution < 1.29 is 4.79 Å². The summed E-state index contributed by atoms with van der Waals surface area (Å²) in [7, 11) is 0. The van der Waals surface area contributed by atoms with E-state index in [1.807, 2.05) is 89.3 Å². The number of aromatic nitrogens is 3. The summed E-state index contributed by atoms with van der Waals surface area (Å²) < 4.78 is 1.93. The molecule has 4 rings (SSSR count). The van der Waals surface area contributed by atoms with Gasteiger partial charge in [-0.1, -0.05) is 36.4 Å². The van der Waals surface area contributed by atoms with E-state index in [-0.39, 0.29) is 5.91 Å². The second-order valence-electron chi connectivity index (χ2n) is 6.85. The molecule has 0 aliphatic rings. The molecule has 0 spiro atoms. The first-order chi connectivity index (χ1) is 13.7. The quantitative estimate of drug-likeness (QED) is 0.517. The van der Waals surface area contributed by atoms with Gasteiger partial charge in [0, 0.05) is 49.4 Å². The van der Waals surface area contributed by atoms with E-state index in [4.69, 9.17) is 0 Å². The molecular formula is C23H22N4O. The summed E-state index contributed by atoms with van der Waals surface area (Å²) in [6.45, 7) is 3.11. The predicted molar refractivity (Wildman–Crippen MR) is 109 cm³/mol. The zero-order valence-electron chi connectivity index (χ0n) is 15.8. The maximum Gasteiger partial charge on any atom is 0.254 e. The Labute approximate surface area is 164 Å². The molecule has 5 nitrogen and oxygen atoms in total. The molecule has 28 heavy (non-hydrogen) atoms. The summed E-state index contributed by atoms with van der Waals surface area (Å²) >= 11 is 0. The second kappa shape index (κ2) is 8.05. The lowest BCUT2D eigenvalue weighted by Crippen LogP contribution is -2.32. The molecule has 140 valence electrons. The van der Waals surface area contributed by atoms with Gasteiger partial charge in [-0.2, -0.15) is 0 Å². The average Bonchev–Trinajstić information content (AvgIpc) is 3.11. The first-order valence-electron chi connectivity index (χ1n) is 9.37. The van der Waals surface area contributed by atoms with Crippen LogP contribution in [-0.4, -0.2) is 31.7 Å². The van der Waals surface area contributed by atoms with Gasteiger partial charge in [-0.25, -0.2) is 4.98 Å². The van der Waals surface area contributed by atoms with Crippen LogP contribution in [0.1, 0.15) is 27.3 Å². The highest BCUT2D eigenvalue weighted by Gasteiger charge is 2.17. The molecule has 0 bridgehead atoms. The molecule has 0 unspecified atom stereocenters. The summed E-state index contributed by atoms with van der Waals surface area (Å²) in [5.74, 6) is 0.00272. The molecule has 3 aromatic heterocycles. The van der Waals surface area contributed by atoms with E-state index in [0.29, 0.717) is 25.1 Å². The Bertz CT molecular complexity index is 1070. The number of amides is 1. The molecule has 1 amide bonds. The molecule has 0 radical (unpaired) electrons. The van der Waals surface area contributed by atoms with Gasteiger partial charge in [-0.15, -0.1) is 0 Å². The van der Waals surface area contributed by atoms with Gasteiger partial charge in [0.05, 0.1) is 5.69 Å². The summed E-state index contributed by atoms with van der Waals surface area (Å²) in [5, 5.41) is 0. The van der Waals surface area contributed by atoms with E-state index < -0.39 is 0 Å². The van der Waals surface area contributed by atoms with Gasteiger partial charge in [-0.05, 0) is 36.8 Å². The lowest BCUT2D eigenvalue weighted by atomic mass is 10.1. The van der Waals surface area contributed by atoms with Crippen LogP contribution in [0.25, 0.3) is 5.65 Å². The lowest BCUT2D eigenvalue weighted by molar-refractivity contribution is 0.0744. The number of imidazole rings is 1. The molecule has 4 aromatic rings. The Morgan fingerprint density at radius 1 is 1.07 bits per heavy atom. The van der Waals surface area contributed by atoms with Crippen molar-refractivity contribution in [1.82, 2.24) is 19.3 Å². The minimum absolute atomic E-state index is 0.00272. The Morgan fingerprint density at radius 3 is 2.68 bits per heavy atom. The first kappa shape index (κ1) is 17.9. The minimum atomic E-state index is 0.00272. The number of fused-ring (bicyclic) bond motifs is 1. The van der Waals surface area contributed by atoms with E-state index >= 15 is 0 Å². The molecule has 0 saturated carbocycles. The number of carbonyl (C=O) groups is 1. The number of benzene rings is 1. The SMILES string of the molecule is Cc1cn2ccc(C(=O)N(CCc3ccccn3)Cc3ccccc3)cc2n1. The van der Waals surface area contributed by atoms with Crippen molar-refractivity contribution in [2.75, 3.05) is 6.54 Å². The third kappa shape index (κ3) is 4.09. The van der Waals surface area contributed by atoms with Crippen molar-refractivity contribution in [2.45, 2.75) is 19.9 Å². The third-order valence-corrected chi connectivity index (χ3v) is 4.70. The van der Waals surface area contributed by atoms with Crippen molar-refractivity contribution >= 4 is 11.6 Å². The first-order valence-corrected chi connectivity index (χ1v) is 9.37. The smallest absolute Gasteiger partial charge is 0.254 e. The van der Waals surface area contributed by atoms with Crippen molar-refractivity contribution in [2.24, 2.45) is 0 Å². The Kier molecular flexibility index (Phi) is 5.15. The summed E-state index contributed by atoms with van der Waals surface area (Å²) in [6.07, 6.45) is 6.34. The Morgan fingerprint density at radius 2 is 1.89 bits per heavy atom. The van der Waals surface area contributed by atoms with Crippen LogP contribution in [0.2, 0.25) is 0 Å². The highest BCUT2D eigenvalue weighted by Crippen LogP contribution is 2.14. The van der Waals surface area contributed by atoms with Gasteiger partial charge in [0.15, 0.2) is 0 Å². The van der Waals surface area contributed by atoms with Crippen LogP contribution in [0.3, 0.4) is 0 Å². The fourth-order valence-electron chi connectivity index (χ4n) is 3.28. The van der Waals surface area contributed by atoms with E-state index in [9.17, 15) is 4.79 Å². The zero-order valence-corrected chi connectivity index (χ0v) is 15.8. The monoisotopic (exact) mass is 370 g/mol. The number of pyridine rings is 2. The van der Waals surface area contributed by atoms with Crippen LogP contribution in [0.4, 0.5) is 0 Å². The number of carbonyl (C=O) groups excluding carboxylic acids is 1. The van der Waals surface area contributed by atoms with Gasteiger partial charge >= 0.3 is 0 Å². The van der Waals surface area contributed by atoms with Crippen LogP contribution < -0.4 is 0 Å². The maximum absolute atomic E-state index is 13.3. The number of hydrogen-bond acceptors (Lipinski definition) is 3. The molecule has 0 saturated heterocycles. The highest BCUT2D eigenvalue weighted by molar-refractivity contribution is 5.95. The normalized spacial score (nSPS) is 10.9. The number of hydrogen-bond donors (Lipinski definition) is 0. The number of rotatable bonds is 6. The van der Waals surface area contributed by atoms with Crippen molar-refractivity contribution in [3.63, 3.8) is 0 Å². The Balaban J connectivity index is 1.59. The summed E-state index contributed by atoms with van der Waals surface area (Å²) in [4.78, 5) is 24.0. The van der Waals surface area contributed by atoms with Gasteiger partial charge in [0.1, 0.15) is 5.65 Å². The molecule has 0 N–H and O–H groups in total. The second-order valence-corrected chi connectivity index (χ2v) is 6.85. The van der Waals surface area contributed by atoms with E-state index in [0.717, 1.165) is 22.6 Å². The largest absolute Gasteiger partial charge is 0.334 e. The zero-order chi connectivity index (χ0) is 19.3. The fourth-order valence-corrected chi connectivity index (χ4v) is 3.28. The molecule has 0 aliphatic carbocycles. The van der Waals surface area contributed by atoms with Crippen molar-refractivity contribution in [3.8, 4) is 0 Å². The molecule has 1 aromatic carbocycles. The topological polar surface area (TPSA) is 50.5 Å². The van der Waals surface area contributed by atoms with Crippen LogP contribution in [0, 0.1) is 6.92 Å². The van der Waals surface area contributed by atoms with E-state index in [1.165, 1.54) is 0 Å². The van der Waals surface area contributed by atoms with Gasteiger partial charge in [0.25, 0.3) is 5.91 Å². The molecule has 0 aliphatic heterocycles. The van der Waals surface area contributed by atoms with E-state index in [2.05, 4.69) is 9.97 Å². The lowest BCUT2D eigenvalue weighted by Gasteiger charge is -2.23. The van der Waals surface area contributed by atoms with Crippen LogP contribution in [0.5, 0.6) is 0 Å². The van der Waals surface area contributed by atoms with Crippen molar-refractivity contribution in [1.29, 1.82) is 0 Å². The number of aryl methyl sites for hydroxylation is 1. The molecule has 3 heterocycles. The summed E-state index contributed by atoms with van der Waals surface area (Å²) in [5.41, 5.74) is 4.45. The number of nitrogens with zero attached hydrogens (tertiary/aromatic N) is 4. The van der Waals surface area contributed by atoms with Gasteiger partial charge < -0.3 is 9.30 Å². The standard InChI is InChI=1S/C23H22N4O/c1-18-16-26-13-10-20(15-22(26)25-18)23(28)27(17-19-7-3-2-4-8-19)14-11-21-9-5-6-12-24-21/h2-10,12-13,15-16H,11,14,17H2,1H3. The predicted octanol–water partition coefficient (Wildman–Crippen LogP) is 3.92. The van der Waals surface area contributed by atoms with Gasteiger partial charge in [-0.3, -0.25) is 9.78 Å². The van der Waals surface area contributed by atoms with Crippen LogP contribution >= 0.6 is 0 Å². The minimum Gasteiger partial charge on any atom is -0.334 e. The summed E-state index contributed by atoms with van der Waals surface area (Å²) in [6, 6.07) is 19.6. The van der Waals surface area contributed by atoms with Crippen LogP contribution in [0.15, 0.2) is 79.3 Å². The molecule has 0 fully saturated rings. The third-order valence-electron chi connectivity index (χ3n) is 4.70. The Hall–Kier alpha value is -3.47. The molecule has 5 heteroatoms. The van der Waals surface area contributed by atoms with Crippen molar-refractivity contribution in [3.05, 3.63) is 102 Å². The maximum atomic E-state index is 13.3. The molecule has 0 atom stereocenters. The molecular weight excluding hydrogens is 348 g/mol. The van der Waals surface area contributed by atoms with Crippen LogP contribution in [-0.2, 0) is 13.0 Å². The van der Waals surface area contributed by atoms with E-state index in [1.54, 1.807) is 6.20 Å². The fraction of sp³-hybridized carbons (Fsp3) is 0.174. The van der Waals surface area contributed by atoms with Gasteiger partial charge in [0.2, 0.25) is 0 Å². The average molecular weight is 370 g/mol. The highest BCUT2D eigenvalue weighted by atomic mass is 16.2.